The highest BCUT2D eigenvalue weighted by atomic mass is 79.9. The normalized spacial score (nSPS) is 10.3. The van der Waals surface area contributed by atoms with Crippen molar-refractivity contribution in [3.63, 3.8) is 0 Å². The quantitative estimate of drug-likeness (QED) is 0.883. The number of benzene rings is 1. The Kier molecular flexibility index (Phi) is 4.22. The van der Waals surface area contributed by atoms with Crippen molar-refractivity contribution in [1.29, 1.82) is 0 Å². The maximum atomic E-state index is 12.1. The van der Waals surface area contributed by atoms with Crippen molar-refractivity contribution < 1.29 is 4.79 Å². The van der Waals surface area contributed by atoms with Gasteiger partial charge in [-0.2, -0.15) is 0 Å². The molecule has 1 heterocycles. The number of carbonyl (C=O) groups is 1. The summed E-state index contributed by atoms with van der Waals surface area (Å²) in [6.07, 6.45) is 1.46. The first-order chi connectivity index (χ1) is 8.97. The second kappa shape index (κ2) is 5.72. The molecule has 0 radical (unpaired) electrons. The molecule has 0 aliphatic rings. The molecule has 98 valence electrons. The number of nitrogens with one attached hydrogen (secondary N) is 1. The van der Waals surface area contributed by atoms with Gasteiger partial charge in [0, 0.05) is 16.4 Å². The van der Waals surface area contributed by atoms with E-state index >= 15 is 0 Å². The van der Waals surface area contributed by atoms with Crippen LogP contribution in [0.5, 0.6) is 0 Å². The Hall–Kier alpha value is -1.39. The summed E-state index contributed by atoms with van der Waals surface area (Å²) < 4.78 is 0.991. The minimum Gasteiger partial charge on any atom is -0.320 e. The molecule has 0 aliphatic carbocycles. The fourth-order valence-electron chi connectivity index (χ4n) is 1.80. The average Bonchev–Trinajstić information content (AvgIpc) is 2.34. The monoisotopic (exact) mass is 338 g/mol. The van der Waals surface area contributed by atoms with Crippen LogP contribution in [-0.2, 0) is 0 Å². The number of anilines is 1. The van der Waals surface area contributed by atoms with Crippen molar-refractivity contribution in [1.82, 2.24) is 4.98 Å². The number of carbonyl (C=O) groups excluding carboxylic acids is 1. The zero-order valence-corrected chi connectivity index (χ0v) is 12.8. The van der Waals surface area contributed by atoms with Gasteiger partial charge in [-0.3, -0.25) is 4.79 Å². The number of halogens is 2. The van der Waals surface area contributed by atoms with Crippen LogP contribution in [0, 0.1) is 13.8 Å². The Balaban J connectivity index is 2.26. The fourth-order valence-corrected chi connectivity index (χ4v) is 2.59. The van der Waals surface area contributed by atoms with Crippen LogP contribution in [0.3, 0.4) is 0 Å². The number of nitrogens with zero attached hydrogens (tertiary/aromatic N) is 1. The first kappa shape index (κ1) is 14.0. The van der Waals surface area contributed by atoms with E-state index in [0.29, 0.717) is 10.7 Å². The minimum absolute atomic E-state index is 0.245. The second-order valence-electron chi connectivity index (χ2n) is 4.23. The lowest BCUT2D eigenvalue weighted by atomic mass is 10.1. The largest absolute Gasteiger partial charge is 0.320 e. The zero-order chi connectivity index (χ0) is 14.0. The summed E-state index contributed by atoms with van der Waals surface area (Å²) in [6, 6.07) is 7.15. The summed E-state index contributed by atoms with van der Waals surface area (Å²) in [5.74, 6) is -0.245. The molecule has 1 aromatic heterocycles. The Morgan fingerprint density at radius 3 is 2.42 bits per heavy atom. The van der Waals surface area contributed by atoms with Crippen molar-refractivity contribution in [2.45, 2.75) is 13.8 Å². The topological polar surface area (TPSA) is 42.0 Å². The maximum absolute atomic E-state index is 12.1. The summed E-state index contributed by atoms with van der Waals surface area (Å²) in [5, 5.41) is 3.38. The van der Waals surface area contributed by atoms with Gasteiger partial charge in [0.05, 0.1) is 5.02 Å². The Morgan fingerprint density at radius 1 is 1.26 bits per heavy atom. The molecule has 0 bridgehead atoms. The molecule has 2 rings (SSSR count). The van der Waals surface area contributed by atoms with Crippen molar-refractivity contribution in [3.8, 4) is 0 Å². The van der Waals surface area contributed by atoms with Gasteiger partial charge >= 0.3 is 0 Å². The van der Waals surface area contributed by atoms with E-state index < -0.39 is 0 Å². The number of pyridine rings is 1. The van der Waals surface area contributed by atoms with Crippen LogP contribution in [0.4, 0.5) is 5.69 Å². The van der Waals surface area contributed by atoms with Crippen LogP contribution < -0.4 is 5.32 Å². The van der Waals surface area contributed by atoms with Crippen LogP contribution in [0.15, 0.2) is 34.9 Å². The van der Waals surface area contributed by atoms with Crippen LogP contribution >= 0.6 is 27.5 Å². The van der Waals surface area contributed by atoms with Crippen LogP contribution in [-0.4, -0.2) is 10.9 Å². The highest BCUT2D eigenvalue weighted by Crippen LogP contribution is 2.25. The lowest BCUT2D eigenvalue weighted by Gasteiger charge is -2.12. The SMILES string of the molecule is Cc1cc(Br)cc(C)c1NC(=O)c1ccc(Cl)cn1. The molecule has 5 heteroatoms. The van der Waals surface area contributed by atoms with Crippen LogP contribution in [0.2, 0.25) is 5.02 Å². The molecule has 1 aromatic carbocycles. The predicted molar refractivity (Wildman–Crippen MR) is 80.8 cm³/mol. The summed E-state index contributed by atoms with van der Waals surface area (Å²) in [7, 11) is 0. The molecule has 19 heavy (non-hydrogen) atoms. The number of amides is 1. The van der Waals surface area contributed by atoms with Crippen LogP contribution in [0.1, 0.15) is 21.6 Å². The van der Waals surface area contributed by atoms with E-state index in [2.05, 4.69) is 26.2 Å². The fraction of sp³-hybridized carbons (Fsp3) is 0.143. The van der Waals surface area contributed by atoms with Crippen LogP contribution in [0.25, 0.3) is 0 Å². The van der Waals surface area contributed by atoms with E-state index in [4.69, 9.17) is 11.6 Å². The smallest absolute Gasteiger partial charge is 0.274 e. The number of hydrogen-bond acceptors (Lipinski definition) is 2. The molecule has 0 aliphatic heterocycles. The van der Waals surface area contributed by atoms with E-state index in [1.807, 2.05) is 26.0 Å². The Morgan fingerprint density at radius 2 is 1.89 bits per heavy atom. The van der Waals surface area contributed by atoms with Gasteiger partial charge in [0.25, 0.3) is 5.91 Å². The molecule has 0 fully saturated rings. The number of aryl methyl sites for hydroxylation is 2. The Labute approximate surface area is 125 Å². The zero-order valence-electron chi connectivity index (χ0n) is 10.5. The number of hydrogen-bond donors (Lipinski definition) is 1. The van der Waals surface area contributed by atoms with Crippen molar-refractivity contribution in [2.75, 3.05) is 5.32 Å². The van der Waals surface area contributed by atoms with E-state index in [-0.39, 0.29) is 5.91 Å². The van der Waals surface area contributed by atoms with Gasteiger partial charge in [-0.25, -0.2) is 4.98 Å². The molecule has 0 unspecified atom stereocenters. The molecular formula is C14H12BrClN2O. The third kappa shape index (κ3) is 3.33. The summed E-state index contributed by atoms with van der Waals surface area (Å²) >= 11 is 9.17. The molecule has 0 saturated carbocycles. The van der Waals surface area contributed by atoms with Gasteiger partial charge in [-0.15, -0.1) is 0 Å². The molecule has 0 spiro atoms. The standard InChI is InChI=1S/C14H12BrClN2O/c1-8-5-10(15)6-9(2)13(8)18-14(19)12-4-3-11(16)7-17-12/h3-7H,1-2H3,(H,18,19). The van der Waals surface area contributed by atoms with E-state index in [1.165, 1.54) is 6.20 Å². The first-order valence-corrected chi connectivity index (χ1v) is 6.84. The van der Waals surface area contributed by atoms with Crippen molar-refractivity contribution in [3.05, 3.63) is 56.8 Å². The molecule has 2 aromatic rings. The highest BCUT2D eigenvalue weighted by molar-refractivity contribution is 9.10. The number of rotatable bonds is 2. The first-order valence-electron chi connectivity index (χ1n) is 5.67. The average molecular weight is 340 g/mol. The molecule has 0 saturated heterocycles. The molecule has 3 nitrogen and oxygen atoms in total. The minimum atomic E-state index is -0.245. The molecule has 1 amide bonds. The van der Waals surface area contributed by atoms with Gasteiger partial charge in [0.15, 0.2) is 0 Å². The second-order valence-corrected chi connectivity index (χ2v) is 5.58. The summed E-state index contributed by atoms with van der Waals surface area (Å²) in [6.45, 7) is 3.89. The maximum Gasteiger partial charge on any atom is 0.274 e. The van der Waals surface area contributed by atoms with Gasteiger partial charge in [0.2, 0.25) is 0 Å². The van der Waals surface area contributed by atoms with Gasteiger partial charge in [-0.1, -0.05) is 27.5 Å². The lowest BCUT2D eigenvalue weighted by molar-refractivity contribution is 0.102. The third-order valence-corrected chi connectivity index (χ3v) is 3.38. The van der Waals surface area contributed by atoms with E-state index in [1.54, 1.807) is 12.1 Å². The number of aromatic nitrogens is 1. The molecular weight excluding hydrogens is 328 g/mol. The highest BCUT2D eigenvalue weighted by Gasteiger charge is 2.11. The lowest BCUT2D eigenvalue weighted by Crippen LogP contribution is -2.15. The van der Waals surface area contributed by atoms with E-state index in [9.17, 15) is 4.79 Å². The third-order valence-electron chi connectivity index (χ3n) is 2.70. The van der Waals surface area contributed by atoms with E-state index in [0.717, 1.165) is 21.3 Å². The van der Waals surface area contributed by atoms with Gasteiger partial charge in [0.1, 0.15) is 5.69 Å². The van der Waals surface area contributed by atoms with Gasteiger partial charge in [-0.05, 0) is 49.2 Å². The van der Waals surface area contributed by atoms with Crippen molar-refractivity contribution >= 4 is 39.1 Å². The molecule has 1 N–H and O–H groups in total. The van der Waals surface area contributed by atoms with Crippen molar-refractivity contribution in [2.24, 2.45) is 0 Å². The predicted octanol–water partition coefficient (Wildman–Crippen LogP) is 4.37. The summed E-state index contributed by atoms with van der Waals surface area (Å²) in [5.41, 5.74) is 3.14. The van der Waals surface area contributed by atoms with Gasteiger partial charge < -0.3 is 5.32 Å². The summed E-state index contributed by atoms with van der Waals surface area (Å²) in [4.78, 5) is 16.1. The molecule has 0 atom stereocenters. The Bertz CT molecular complexity index is 603.